The highest BCUT2D eigenvalue weighted by Crippen LogP contribution is 2.40. The van der Waals surface area contributed by atoms with E-state index in [4.69, 9.17) is 24.5 Å². The van der Waals surface area contributed by atoms with Gasteiger partial charge in [0.05, 0.1) is 14.2 Å². The molecule has 0 bridgehead atoms. The topological polar surface area (TPSA) is 139 Å². The van der Waals surface area contributed by atoms with Gasteiger partial charge in [-0.1, -0.05) is 16.5 Å². The Kier molecular flexibility index (Phi) is 5.80. The number of rotatable bonds is 8. The van der Waals surface area contributed by atoms with Crippen LogP contribution in [0.3, 0.4) is 0 Å². The molecule has 2 aromatic carbocycles. The summed E-state index contributed by atoms with van der Waals surface area (Å²) >= 11 is 1.32. The lowest BCUT2D eigenvalue weighted by molar-refractivity contribution is 0.402. The summed E-state index contributed by atoms with van der Waals surface area (Å²) in [6.45, 7) is 0.365. The molecule has 1 aliphatic rings. The van der Waals surface area contributed by atoms with Gasteiger partial charge in [-0.15, -0.1) is 0 Å². The van der Waals surface area contributed by atoms with Gasteiger partial charge in [0.2, 0.25) is 0 Å². The first-order chi connectivity index (χ1) is 16.4. The van der Waals surface area contributed by atoms with Gasteiger partial charge in [-0.3, -0.25) is 4.72 Å². The van der Waals surface area contributed by atoms with E-state index in [0.29, 0.717) is 28.6 Å². The van der Waals surface area contributed by atoms with E-state index in [2.05, 4.69) is 14.9 Å². The Labute approximate surface area is 199 Å². The Balaban J connectivity index is 1.50. The molecule has 0 radical (unpaired) electrons. The third-order valence-electron chi connectivity index (χ3n) is 5.57. The zero-order valence-electron chi connectivity index (χ0n) is 18.5. The number of benzene rings is 2. The fourth-order valence-electron chi connectivity index (χ4n) is 3.96. The van der Waals surface area contributed by atoms with Crippen LogP contribution in [-0.4, -0.2) is 32.8 Å². The number of hydrogen-bond donors (Lipinski definition) is 2. The van der Waals surface area contributed by atoms with Crippen LogP contribution in [0, 0.1) is 0 Å². The van der Waals surface area contributed by atoms with Crippen molar-refractivity contribution in [2.24, 2.45) is 5.73 Å². The highest BCUT2D eigenvalue weighted by molar-refractivity contribution is 7.92. The monoisotopic (exact) mass is 502 g/mol. The molecule has 0 amide bonds. The van der Waals surface area contributed by atoms with E-state index in [1.807, 2.05) is 0 Å². The molecular formula is C22H22N4O6S2. The first-order valence-corrected chi connectivity index (χ1v) is 12.7. The Morgan fingerprint density at radius 2 is 1.88 bits per heavy atom. The van der Waals surface area contributed by atoms with Gasteiger partial charge < -0.3 is 24.5 Å². The van der Waals surface area contributed by atoms with Crippen LogP contribution in [0.2, 0.25) is 0 Å². The molecule has 0 aliphatic heterocycles. The number of nitrogens with one attached hydrogen (secondary N) is 1. The Morgan fingerprint density at radius 3 is 2.59 bits per heavy atom. The number of thiazole rings is 1. The number of aryl methyl sites for hydroxylation is 2. The minimum Gasteiger partial charge on any atom is -0.496 e. The van der Waals surface area contributed by atoms with Gasteiger partial charge in [0.1, 0.15) is 27.5 Å². The van der Waals surface area contributed by atoms with Crippen LogP contribution in [0.1, 0.15) is 22.4 Å². The van der Waals surface area contributed by atoms with Gasteiger partial charge in [0.15, 0.2) is 11.4 Å². The molecule has 0 unspecified atom stereocenters. The summed E-state index contributed by atoms with van der Waals surface area (Å²) in [5.41, 5.74) is 8.02. The molecule has 10 nitrogen and oxygen atoms in total. The van der Waals surface area contributed by atoms with Crippen molar-refractivity contribution in [2.75, 3.05) is 18.9 Å². The van der Waals surface area contributed by atoms with E-state index in [1.165, 1.54) is 25.6 Å². The molecule has 12 heteroatoms. The van der Waals surface area contributed by atoms with Gasteiger partial charge in [-0.05, 0) is 42.5 Å². The first-order valence-electron chi connectivity index (χ1n) is 10.4. The number of anilines is 1. The summed E-state index contributed by atoms with van der Waals surface area (Å²) < 4.78 is 51.2. The third kappa shape index (κ3) is 4.04. The maximum atomic E-state index is 13.3. The van der Waals surface area contributed by atoms with Crippen LogP contribution >= 0.6 is 11.3 Å². The molecule has 3 N–H and O–H groups in total. The second-order valence-electron chi connectivity index (χ2n) is 7.66. The number of methoxy groups -OCH3 is 2. The van der Waals surface area contributed by atoms with Crippen molar-refractivity contribution in [2.45, 2.75) is 30.7 Å². The lowest BCUT2D eigenvalue weighted by Crippen LogP contribution is -2.15. The zero-order valence-corrected chi connectivity index (χ0v) is 20.1. The van der Waals surface area contributed by atoms with E-state index >= 15 is 0 Å². The van der Waals surface area contributed by atoms with Crippen molar-refractivity contribution >= 4 is 38.1 Å². The van der Waals surface area contributed by atoms with Gasteiger partial charge in [0.25, 0.3) is 15.2 Å². The first kappa shape index (κ1) is 22.4. The molecule has 4 aromatic rings. The Morgan fingerprint density at radius 1 is 1.12 bits per heavy atom. The summed E-state index contributed by atoms with van der Waals surface area (Å²) in [4.78, 5) is 5.09. The molecule has 5 rings (SSSR count). The van der Waals surface area contributed by atoms with E-state index in [0.717, 1.165) is 35.3 Å². The summed E-state index contributed by atoms with van der Waals surface area (Å²) in [5.74, 6) is 1.00. The Hall–Kier alpha value is -3.35. The van der Waals surface area contributed by atoms with E-state index in [9.17, 15) is 8.42 Å². The van der Waals surface area contributed by atoms with Gasteiger partial charge in [-0.2, -0.15) is 0 Å². The minimum atomic E-state index is -4.03. The molecule has 0 spiro atoms. The number of nitrogens with zero attached hydrogens (tertiary/aromatic N) is 2. The second-order valence-corrected chi connectivity index (χ2v) is 10.4. The largest absolute Gasteiger partial charge is 0.496 e. The number of hydrogen-bond acceptors (Lipinski definition) is 10. The van der Waals surface area contributed by atoms with Crippen LogP contribution < -0.4 is 24.7 Å². The van der Waals surface area contributed by atoms with Crippen LogP contribution in [0.15, 0.2) is 39.9 Å². The van der Waals surface area contributed by atoms with Crippen molar-refractivity contribution in [3.05, 3.63) is 46.5 Å². The van der Waals surface area contributed by atoms with Crippen LogP contribution in [0.4, 0.5) is 5.82 Å². The number of fused-ring (bicyclic) bond motifs is 2. The summed E-state index contributed by atoms with van der Waals surface area (Å²) in [5, 5.41) is 4.71. The molecule has 0 saturated carbocycles. The van der Waals surface area contributed by atoms with E-state index in [-0.39, 0.29) is 22.0 Å². The summed E-state index contributed by atoms with van der Waals surface area (Å²) in [6.07, 6.45) is 4.37. The van der Waals surface area contributed by atoms with Crippen molar-refractivity contribution in [3.63, 3.8) is 0 Å². The average Bonchev–Trinajstić information content (AvgIpc) is 3.57. The van der Waals surface area contributed by atoms with Gasteiger partial charge in [0, 0.05) is 29.8 Å². The molecule has 0 saturated heterocycles. The highest BCUT2D eigenvalue weighted by atomic mass is 32.2. The van der Waals surface area contributed by atoms with Crippen molar-refractivity contribution in [1.29, 1.82) is 0 Å². The molecular weight excluding hydrogens is 480 g/mol. The lowest BCUT2D eigenvalue weighted by Gasteiger charge is -2.13. The predicted molar refractivity (Wildman–Crippen MR) is 126 cm³/mol. The minimum absolute atomic E-state index is 0.000572. The van der Waals surface area contributed by atoms with Crippen LogP contribution in [-0.2, 0) is 29.4 Å². The summed E-state index contributed by atoms with van der Waals surface area (Å²) in [6, 6.07) is 6.65. The second kappa shape index (κ2) is 8.78. The van der Waals surface area contributed by atoms with Crippen molar-refractivity contribution in [1.82, 2.24) is 10.1 Å². The normalized spacial score (nSPS) is 13.1. The molecule has 2 aromatic heterocycles. The molecule has 1 aliphatic carbocycles. The molecule has 2 heterocycles. The van der Waals surface area contributed by atoms with E-state index in [1.54, 1.807) is 30.5 Å². The fourth-order valence-corrected chi connectivity index (χ4v) is 5.83. The molecule has 0 fully saturated rings. The molecule has 34 heavy (non-hydrogen) atoms. The summed E-state index contributed by atoms with van der Waals surface area (Å²) in [7, 11) is -1.12. The fraction of sp³-hybridized carbons (Fsp3) is 0.273. The Bertz CT molecular complexity index is 1480. The zero-order chi connectivity index (χ0) is 23.9. The van der Waals surface area contributed by atoms with Crippen LogP contribution in [0.5, 0.6) is 22.4 Å². The maximum absolute atomic E-state index is 13.3. The van der Waals surface area contributed by atoms with E-state index < -0.39 is 10.0 Å². The number of nitrogens with two attached hydrogens (primary N) is 1. The van der Waals surface area contributed by atoms with Crippen molar-refractivity contribution in [3.8, 4) is 22.4 Å². The number of aromatic nitrogens is 2. The maximum Gasteiger partial charge on any atom is 0.278 e. The van der Waals surface area contributed by atoms with Gasteiger partial charge in [-0.25, -0.2) is 13.4 Å². The lowest BCUT2D eigenvalue weighted by atomic mass is 10.1. The van der Waals surface area contributed by atoms with Gasteiger partial charge >= 0.3 is 0 Å². The molecule has 0 atom stereocenters. The third-order valence-corrected chi connectivity index (χ3v) is 7.83. The quantitative estimate of drug-likeness (QED) is 0.368. The highest BCUT2D eigenvalue weighted by Gasteiger charge is 2.27. The number of ether oxygens (including phenoxy) is 3. The SMILES string of the molecule is COc1cc2c(cc1S(=O)(=O)Nc1noc3cc(Oc4ncc(CN)s4)cc(OC)c13)CCC2. The number of sulfonamides is 1. The average molecular weight is 503 g/mol. The predicted octanol–water partition coefficient (Wildman–Crippen LogP) is 3.84. The molecule has 178 valence electrons. The van der Waals surface area contributed by atoms with Crippen LogP contribution in [0.25, 0.3) is 11.0 Å². The van der Waals surface area contributed by atoms with Crippen molar-refractivity contribution < 1.29 is 27.2 Å². The smallest absolute Gasteiger partial charge is 0.278 e. The standard InChI is InChI=1S/C22H22N4O6S2/c1-29-16-6-12-4-3-5-13(12)7-19(16)34(27,28)26-21-20-17(30-2)8-14(9-18(20)32-25-21)31-22-24-11-15(10-23)33-22/h6-9,11H,3-5,10,23H2,1-2H3,(H,25,26).